The van der Waals surface area contributed by atoms with E-state index in [1.807, 2.05) is 13.8 Å². The Hall–Kier alpha value is -2.38. The Kier molecular flexibility index (Phi) is 4.06. The van der Waals surface area contributed by atoms with Gasteiger partial charge in [0.15, 0.2) is 5.82 Å². The van der Waals surface area contributed by atoms with Gasteiger partial charge in [-0.3, -0.25) is 4.79 Å². The molecule has 5 nitrogen and oxygen atoms in total. The molecule has 1 N–H and O–H groups in total. The summed E-state index contributed by atoms with van der Waals surface area (Å²) in [5.74, 6) is -0.00641. The molecule has 2 aromatic heterocycles. The Morgan fingerprint density at radius 3 is 2.50 bits per heavy atom. The minimum absolute atomic E-state index is 0.0449. The highest BCUT2D eigenvalue weighted by Crippen LogP contribution is 2.29. The van der Waals surface area contributed by atoms with Gasteiger partial charge in [-0.1, -0.05) is 13.8 Å². The number of amides is 1. The van der Waals surface area contributed by atoms with Gasteiger partial charge in [-0.25, -0.2) is 9.67 Å². The topological polar surface area (TPSA) is 59.8 Å². The molecule has 3 rings (SSSR count). The fourth-order valence-electron chi connectivity index (χ4n) is 2.44. The highest BCUT2D eigenvalue weighted by atomic mass is 19.4. The van der Waals surface area contributed by atoms with Crippen molar-refractivity contribution in [3.8, 4) is 5.82 Å². The Balaban J connectivity index is 1.95. The monoisotopic (exact) mass is 338 g/mol. The summed E-state index contributed by atoms with van der Waals surface area (Å²) < 4.78 is 39.4. The molecule has 2 heterocycles. The second-order valence-electron chi connectivity index (χ2n) is 6.16. The zero-order valence-electron chi connectivity index (χ0n) is 13.3. The van der Waals surface area contributed by atoms with Crippen molar-refractivity contribution in [1.29, 1.82) is 0 Å². The molecule has 0 saturated heterocycles. The first kappa shape index (κ1) is 16.5. The molecule has 0 unspecified atom stereocenters. The van der Waals surface area contributed by atoms with Crippen molar-refractivity contribution in [2.45, 2.75) is 44.8 Å². The van der Waals surface area contributed by atoms with Crippen LogP contribution in [0.5, 0.6) is 0 Å². The summed E-state index contributed by atoms with van der Waals surface area (Å²) >= 11 is 0. The number of halogens is 3. The standard InChI is InChI=1S/C16H17F3N4O/c1-9(2)14-12(15(24)22-11-4-5-11)8-21-23(14)13-6-3-10(7-20-13)16(17,18)19/h3,6-9,11H,4-5H2,1-2H3,(H,22,24). The van der Waals surface area contributed by atoms with Gasteiger partial charge in [0.2, 0.25) is 0 Å². The first-order chi connectivity index (χ1) is 11.3. The molecular formula is C16H17F3N4O. The molecule has 0 radical (unpaired) electrons. The SMILES string of the molecule is CC(C)c1c(C(=O)NC2CC2)cnn1-c1ccc(C(F)(F)F)cn1. The van der Waals surface area contributed by atoms with E-state index in [1.54, 1.807) is 0 Å². The van der Waals surface area contributed by atoms with E-state index >= 15 is 0 Å². The van der Waals surface area contributed by atoms with Gasteiger partial charge < -0.3 is 5.32 Å². The average Bonchev–Trinajstić information content (AvgIpc) is 3.20. The van der Waals surface area contributed by atoms with Gasteiger partial charge >= 0.3 is 6.18 Å². The third kappa shape index (κ3) is 3.27. The molecule has 128 valence electrons. The van der Waals surface area contributed by atoms with Crippen LogP contribution in [0.3, 0.4) is 0 Å². The van der Waals surface area contributed by atoms with Crippen LogP contribution in [0, 0.1) is 0 Å². The van der Waals surface area contributed by atoms with E-state index in [4.69, 9.17) is 0 Å². The molecule has 8 heteroatoms. The Bertz CT molecular complexity index is 746. The normalized spacial score (nSPS) is 14.9. The lowest BCUT2D eigenvalue weighted by molar-refractivity contribution is -0.137. The number of nitrogens with one attached hydrogen (secondary N) is 1. The van der Waals surface area contributed by atoms with Crippen LogP contribution in [0.1, 0.15) is 54.2 Å². The van der Waals surface area contributed by atoms with E-state index in [2.05, 4.69) is 15.4 Å². The van der Waals surface area contributed by atoms with Crippen molar-refractivity contribution in [2.75, 3.05) is 0 Å². The molecule has 1 fully saturated rings. The molecule has 1 aliphatic rings. The smallest absolute Gasteiger partial charge is 0.349 e. The van der Waals surface area contributed by atoms with E-state index in [-0.39, 0.29) is 23.7 Å². The van der Waals surface area contributed by atoms with E-state index in [9.17, 15) is 18.0 Å². The van der Waals surface area contributed by atoms with E-state index in [1.165, 1.54) is 16.9 Å². The summed E-state index contributed by atoms with van der Waals surface area (Å²) in [6, 6.07) is 2.42. The van der Waals surface area contributed by atoms with Gasteiger partial charge in [-0.15, -0.1) is 0 Å². The lowest BCUT2D eigenvalue weighted by Crippen LogP contribution is -2.26. The average molecular weight is 338 g/mol. The van der Waals surface area contributed by atoms with E-state index < -0.39 is 11.7 Å². The third-order valence-corrected chi connectivity index (χ3v) is 3.80. The highest BCUT2D eigenvalue weighted by Gasteiger charge is 2.31. The maximum absolute atomic E-state index is 12.7. The van der Waals surface area contributed by atoms with Crippen molar-refractivity contribution in [3.63, 3.8) is 0 Å². The number of nitrogens with zero attached hydrogens (tertiary/aromatic N) is 3. The summed E-state index contributed by atoms with van der Waals surface area (Å²) in [6.45, 7) is 3.79. The minimum Gasteiger partial charge on any atom is -0.349 e. The summed E-state index contributed by atoms with van der Waals surface area (Å²) in [6.07, 6.45) is -0.294. The Morgan fingerprint density at radius 2 is 2.00 bits per heavy atom. The lowest BCUT2D eigenvalue weighted by atomic mass is 10.1. The fourth-order valence-corrected chi connectivity index (χ4v) is 2.44. The van der Waals surface area contributed by atoms with Gasteiger partial charge in [-0.2, -0.15) is 18.3 Å². The van der Waals surface area contributed by atoms with Crippen molar-refractivity contribution < 1.29 is 18.0 Å². The second-order valence-corrected chi connectivity index (χ2v) is 6.16. The van der Waals surface area contributed by atoms with Crippen LogP contribution >= 0.6 is 0 Å². The van der Waals surface area contributed by atoms with Gasteiger partial charge in [-0.05, 0) is 30.9 Å². The van der Waals surface area contributed by atoms with Crippen molar-refractivity contribution in [3.05, 3.63) is 41.3 Å². The predicted molar refractivity (Wildman–Crippen MR) is 80.9 cm³/mol. The van der Waals surface area contributed by atoms with E-state index in [0.29, 0.717) is 11.3 Å². The van der Waals surface area contributed by atoms with Crippen LogP contribution in [-0.4, -0.2) is 26.7 Å². The molecule has 2 aromatic rings. The van der Waals surface area contributed by atoms with Crippen LogP contribution in [0.25, 0.3) is 5.82 Å². The van der Waals surface area contributed by atoms with E-state index in [0.717, 1.165) is 25.1 Å². The lowest BCUT2D eigenvalue weighted by Gasteiger charge is -2.13. The Labute approximate surface area is 136 Å². The molecule has 1 amide bonds. The van der Waals surface area contributed by atoms with Crippen molar-refractivity contribution >= 4 is 5.91 Å². The zero-order chi connectivity index (χ0) is 17.5. The predicted octanol–water partition coefficient (Wildman–Crippen LogP) is 3.30. The van der Waals surface area contributed by atoms with Gasteiger partial charge in [0.05, 0.1) is 23.0 Å². The van der Waals surface area contributed by atoms with Gasteiger partial charge in [0, 0.05) is 12.2 Å². The molecular weight excluding hydrogens is 321 g/mol. The number of aromatic nitrogens is 3. The number of carbonyl (C=O) groups is 1. The van der Waals surface area contributed by atoms with Crippen LogP contribution < -0.4 is 5.32 Å². The molecule has 1 saturated carbocycles. The molecule has 0 bridgehead atoms. The maximum atomic E-state index is 12.7. The van der Waals surface area contributed by atoms with Gasteiger partial charge in [0.1, 0.15) is 0 Å². The first-order valence-electron chi connectivity index (χ1n) is 7.69. The third-order valence-electron chi connectivity index (χ3n) is 3.80. The molecule has 0 atom stereocenters. The largest absolute Gasteiger partial charge is 0.417 e. The van der Waals surface area contributed by atoms with Crippen LogP contribution in [-0.2, 0) is 6.18 Å². The molecule has 24 heavy (non-hydrogen) atoms. The summed E-state index contributed by atoms with van der Waals surface area (Å²) in [5.41, 5.74) is 0.232. The quantitative estimate of drug-likeness (QED) is 0.930. The minimum atomic E-state index is -4.44. The number of rotatable bonds is 4. The molecule has 1 aliphatic carbocycles. The van der Waals surface area contributed by atoms with Gasteiger partial charge in [0.25, 0.3) is 5.91 Å². The number of pyridine rings is 1. The fraction of sp³-hybridized carbons (Fsp3) is 0.438. The van der Waals surface area contributed by atoms with Crippen LogP contribution in [0.4, 0.5) is 13.2 Å². The molecule has 0 spiro atoms. The summed E-state index contributed by atoms with van der Waals surface area (Å²) in [7, 11) is 0. The molecule has 0 aliphatic heterocycles. The zero-order valence-corrected chi connectivity index (χ0v) is 13.3. The number of hydrogen-bond acceptors (Lipinski definition) is 3. The van der Waals surface area contributed by atoms with Crippen molar-refractivity contribution in [2.24, 2.45) is 0 Å². The summed E-state index contributed by atoms with van der Waals surface area (Å²) in [5, 5.41) is 7.06. The highest BCUT2D eigenvalue weighted by molar-refractivity contribution is 5.95. The van der Waals surface area contributed by atoms with Crippen LogP contribution in [0.2, 0.25) is 0 Å². The molecule has 0 aromatic carbocycles. The van der Waals surface area contributed by atoms with Crippen LogP contribution in [0.15, 0.2) is 24.5 Å². The summed E-state index contributed by atoms with van der Waals surface area (Å²) in [4.78, 5) is 16.2. The number of carbonyl (C=O) groups excluding carboxylic acids is 1. The first-order valence-corrected chi connectivity index (χ1v) is 7.69. The second kappa shape index (κ2) is 5.92. The van der Waals surface area contributed by atoms with Crippen molar-refractivity contribution in [1.82, 2.24) is 20.1 Å². The number of alkyl halides is 3. The number of hydrogen-bond donors (Lipinski definition) is 1. The maximum Gasteiger partial charge on any atom is 0.417 e. The Morgan fingerprint density at radius 1 is 1.29 bits per heavy atom.